The standard InChI is InChI=1S/C23H28N2O3/c1-17(26)18-7-11-20(12-8-18)24-23(27)16-25-15-5-3-4-6-22(25)19-9-13-21(28-2)14-10-19/h7-14,22H,3-6,15-16H2,1-2H3,(H,24,27)/t22-/m1/s1. The van der Waals surface area contributed by atoms with E-state index in [-0.39, 0.29) is 17.7 Å². The van der Waals surface area contributed by atoms with Crippen molar-refractivity contribution >= 4 is 17.4 Å². The van der Waals surface area contributed by atoms with Crippen LogP contribution in [0.15, 0.2) is 48.5 Å². The predicted octanol–water partition coefficient (Wildman–Crippen LogP) is 4.45. The number of ether oxygens (including phenoxy) is 1. The Hall–Kier alpha value is -2.66. The van der Waals surface area contributed by atoms with E-state index in [4.69, 9.17) is 4.74 Å². The number of anilines is 1. The molecule has 1 fully saturated rings. The van der Waals surface area contributed by atoms with E-state index in [1.165, 1.54) is 25.3 Å². The Morgan fingerprint density at radius 3 is 2.39 bits per heavy atom. The highest BCUT2D eigenvalue weighted by Gasteiger charge is 2.24. The second-order valence-electron chi connectivity index (χ2n) is 7.29. The predicted molar refractivity (Wildman–Crippen MR) is 111 cm³/mol. The highest BCUT2D eigenvalue weighted by molar-refractivity contribution is 5.96. The van der Waals surface area contributed by atoms with Crippen molar-refractivity contribution in [1.29, 1.82) is 0 Å². The lowest BCUT2D eigenvalue weighted by molar-refractivity contribution is -0.117. The van der Waals surface area contributed by atoms with Crippen molar-refractivity contribution in [2.75, 3.05) is 25.5 Å². The van der Waals surface area contributed by atoms with E-state index < -0.39 is 0 Å². The Morgan fingerprint density at radius 1 is 1.04 bits per heavy atom. The van der Waals surface area contributed by atoms with Gasteiger partial charge >= 0.3 is 0 Å². The van der Waals surface area contributed by atoms with Gasteiger partial charge in [-0.15, -0.1) is 0 Å². The lowest BCUT2D eigenvalue weighted by atomic mass is 10.0. The molecule has 2 aromatic carbocycles. The van der Waals surface area contributed by atoms with Crippen LogP contribution in [0.25, 0.3) is 0 Å². The van der Waals surface area contributed by atoms with E-state index in [1.807, 2.05) is 12.1 Å². The van der Waals surface area contributed by atoms with E-state index in [0.717, 1.165) is 25.1 Å². The maximum atomic E-state index is 12.6. The molecule has 1 atom stereocenters. The summed E-state index contributed by atoms with van der Waals surface area (Å²) in [7, 11) is 1.67. The van der Waals surface area contributed by atoms with Gasteiger partial charge in [-0.25, -0.2) is 0 Å². The van der Waals surface area contributed by atoms with Gasteiger partial charge in [0.05, 0.1) is 13.7 Å². The monoisotopic (exact) mass is 380 g/mol. The number of hydrogen-bond acceptors (Lipinski definition) is 4. The summed E-state index contributed by atoms with van der Waals surface area (Å²) in [5, 5.41) is 2.95. The van der Waals surface area contributed by atoms with Crippen molar-refractivity contribution in [3.05, 3.63) is 59.7 Å². The largest absolute Gasteiger partial charge is 0.497 e. The Balaban J connectivity index is 1.67. The average molecular weight is 380 g/mol. The van der Waals surface area contributed by atoms with E-state index in [0.29, 0.717) is 17.8 Å². The zero-order valence-electron chi connectivity index (χ0n) is 16.6. The number of benzene rings is 2. The molecule has 0 spiro atoms. The SMILES string of the molecule is COc1ccc([C@H]2CCCCCN2CC(=O)Nc2ccc(C(C)=O)cc2)cc1. The fourth-order valence-corrected chi connectivity index (χ4v) is 3.73. The van der Waals surface area contributed by atoms with Gasteiger partial charge in [0, 0.05) is 17.3 Å². The summed E-state index contributed by atoms with van der Waals surface area (Å²) in [5.74, 6) is 0.830. The van der Waals surface area contributed by atoms with Crippen LogP contribution in [0.3, 0.4) is 0 Å². The van der Waals surface area contributed by atoms with Crippen LogP contribution in [0.2, 0.25) is 0 Å². The minimum atomic E-state index is -0.0315. The molecule has 5 heteroatoms. The molecule has 5 nitrogen and oxygen atoms in total. The minimum absolute atomic E-state index is 0.0183. The van der Waals surface area contributed by atoms with Crippen molar-refractivity contribution in [1.82, 2.24) is 4.90 Å². The third-order valence-electron chi connectivity index (χ3n) is 5.29. The number of likely N-dealkylation sites (tertiary alicyclic amines) is 1. The highest BCUT2D eigenvalue weighted by Crippen LogP contribution is 2.31. The van der Waals surface area contributed by atoms with E-state index >= 15 is 0 Å². The van der Waals surface area contributed by atoms with Crippen LogP contribution in [0.4, 0.5) is 5.69 Å². The number of rotatable bonds is 6. The lowest BCUT2D eigenvalue weighted by Gasteiger charge is -2.29. The van der Waals surface area contributed by atoms with Crippen molar-refractivity contribution in [2.45, 2.75) is 38.6 Å². The molecule has 1 amide bonds. The molecule has 2 aromatic rings. The molecule has 0 aliphatic carbocycles. The summed E-state index contributed by atoms with van der Waals surface area (Å²) >= 11 is 0. The third kappa shape index (κ3) is 5.20. The van der Waals surface area contributed by atoms with Gasteiger partial charge < -0.3 is 10.1 Å². The number of amides is 1. The van der Waals surface area contributed by atoms with Crippen LogP contribution in [0.5, 0.6) is 5.75 Å². The number of ketones is 1. The number of nitrogens with zero attached hydrogens (tertiary/aromatic N) is 1. The van der Waals surface area contributed by atoms with Gasteiger partial charge in [-0.1, -0.05) is 25.0 Å². The second-order valence-corrected chi connectivity index (χ2v) is 7.29. The van der Waals surface area contributed by atoms with E-state index in [9.17, 15) is 9.59 Å². The molecular formula is C23H28N2O3. The summed E-state index contributed by atoms with van der Waals surface area (Å²) in [6.45, 7) is 2.80. The molecule has 1 aliphatic rings. The summed E-state index contributed by atoms with van der Waals surface area (Å²) in [6, 6.07) is 15.4. The minimum Gasteiger partial charge on any atom is -0.497 e. The van der Waals surface area contributed by atoms with E-state index in [2.05, 4.69) is 22.3 Å². The van der Waals surface area contributed by atoms with Gasteiger partial charge in [0.15, 0.2) is 5.78 Å². The van der Waals surface area contributed by atoms with Gasteiger partial charge in [-0.05, 0) is 68.3 Å². The highest BCUT2D eigenvalue weighted by atomic mass is 16.5. The molecule has 1 saturated heterocycles. The Bertz CT molecular complexity index is 800. The number of methoxy groups -OCH3 is 1. The molecule has 3 rings (SSSR count). The van der Waals surface area contributed by atoms with Crippen molar-refractivity contribution in [3.63, 3.8) is 0 Å². The molecule has 28 heavy (non-hydrogen) atoms. The fraction of sp³-hybridized carbons (Fsp3) is 0.391. The Labute approximate surface area is 166 Å². The van der Waals surface area contributed by atoms with Crippen molar-refractivity contribution < 1.29 is 14.3 Å². The van der Waals surface area contributed by atoms with Crippen LogP contribution in [-0.2, 0) is 4.79 Å². The molecule has 1 heterocycles. The van der Waals surface area contributed by atoms with Crippen molar-refractivity contribution in [3.8, 4) is 5.75 Å². The number of carbonyl (C=O) groups excluding carboxylic acids is 2. The summed E-state index contributed by atoms with van der Waals surface area (Å²) in [5.41, 5.74) is 2.58. The molecule has 0 bridgehead atoms. The van der Waals surface area contributed by atoms with Crippen LogP contribution >= 0.6 is 0 Å². The third-order valence-corrected chi connectivity index (χ3v) is 5.29. The lowest BCUT2D eigenvalue weighted by Crippen LogP contribution is -2.36. The Morgan fingerprint density at radius 2 is 1.75 bits per heavy atom. The quantitative estimate of drug-likeness (QED) is 0.752. The molecule has 0 unspecified atom stereocenters. The van der Waals surface area contributed by atoms with Gasteiger partial charge in [0.2, 0.25) is 5.91 Å². The molecule has 0 aromatic heterocycles. The van der Waals surface area contributed by atoms with E-state index in [1.54, 1.807) is 31.4 Å². The first-order valence-electron chi connectivity index (χ1n) is 9.85. The number of carbonyl (C=O) groups is 2. The number of Topliss-reactive ketones (excluding diaryl/α,β-unsaturated/α-hetero) is 1. The normalized spacial score (nSPS) is 17.6. The molecule has 0 radical (unpaired) electrons. The maximum absolute atomic E-state index is 12.6. The smallest absolute Gasteiger partial charge is 0.238 e. The second kappa shape index (κ2) is 9.51. The fourth-order valence-electron chi connectivity index (χ4n) is 3.73. The molecule has 148 valence electrons. The van der Waals surface area contributed by atoms with Crippen LogP contribution in [0, 0.1) is 0 Å². The summed E-state index contributed by atoms with van der Waals surface area (Å²) in [4.78, 5) is 26.3. The van der Waals surface area contributed by atoms with Gasteiger partial charge in [0.1, 0.15) is 5.75 Å². The van der Waals surface area contributed by atoms with Gasteiger partial charge in [-0.3, -0.25) is 14.5 Å². The maximum Gasteiger partial charge on any atom is 0.238 e. The summed E-state index contributed by atoms with van der Waals surface area (Å²) < 4.78 is 5.26. The summed E-state index contributed by atoms with van der Waals surface area (Å²) in [6.07, 6.45) is 4.51. The first-order valence-corrected chi connectivity index (χ1v) is 9.85. The molecular weight excluding hydrogens is 352 g/mol. The zero-order valence-corrected chi connectivity index (χ0v) is 16.6. The number of hydrogen-bond donors (Lipinski definition) is 1. The Kier molecular flexibility index (Phi) is 6.82. The van der Waals surface area contributed by atoms with Gasteiger partial charge in [-0.2, -0.15) is 0 Å². The zero-order chi connectivity index (χ0) is 19.9. The first kappa shape index (κ1) is 20.1. The van der Waals surface area contributed by atoms with Gasteiger partial charge in [0.25, 0.3) is 0 Å². The first-order chi connectivity index (χ1) is 13.6. The average Bonchev–Trinajstić information content (AvgIpc) is 2.94. The molecule has 1 N–H and O–H groups in total. The molecule has 1 aliphatic heterocycles. The van der Waals surface area contributed by atoms with Crippen LogP contribution in [-0.4, -0.2) is 36.8 Å². The van der Waals surface area contributed by atoms with Crippen molar-refractivity contribution in [2.24, 2.45) is 0 Å². The topological polar surface area (TPSA) is 58.6 Å². The molecule has 0 saturated carbocycles. The number of nitrogens with one attached hydrogen (secondary N) is 1. The van der Waals surface area contributed by atoms with Crippen LogP contribution in [0.1, 0.15) is 54.6 Å². The van der Waals surface area contributed by atoms with Crippen LogP contribution < -0.4 is 10.1 Å².